The van der Waals surface area contributed by atoms with Crippen LogP contribution < -0.4 is 11.3 Å². The van der Waals surface area contributed by atoms with Gasteiger partial charge in [-0.15, -0.1) is 11.8 Å². The van der Waals surface area contributed by atoms with Gasteiger partial charge in [-0.2, -0.15) is 0 Å². The van der Waals surface area contributed by atoms with E-state index in [0.29, 0.717) is 15.8 Å². The second-order valence-electron chi connectivity index (χ2n) is 3.54. The Morgan fingerprint density at radius 2 is 2.06 bits per heavy atom. The van der Waals surface area contributed by atoms with Crippen molar-refractivity contribution in [3.63, 3.8) is 0 Å². The highest BCUT2D eigenvalue weighted by molar-refractivity contribution is 7.98. The van der Waals surface area contributed by atoms with Crippen molar-refractivity contribution in [2.75, 3.05) is 5.43 Å². The molecule has 0 saturated carbocycles. The fraction of sp³-hybridized carbons (Fsp3) is 0.0833. The minimum absolute atomic E-state index is 0.673. The second-order valence-corrected chi connectivity index (χ2v) is 5.40. The highest BCUT2D eigenvalue weighted by atomic mass is 35.5. The van der Waals surface area contributed by atoms with Gasteiger partial charge in [-0.25, -0.2) is 0 Å². The van der Waals surface area contributed by atoms with Gasteiger partial charge in [-0.05, 0) is 30.3 Å². The third-order valence-corrected chi connectivity index (χ3v) is 4.02. The van der Waals surface area contributed by atoms with Crippen molar-refractivity contribution in [3.05, 3.63) is 52.3 Å². The summed E-state index contributed by atoms with van der Waals surface area (Å²) in [6.07, 6.45) is 1.71. The van der Waals surface area contributed by atoms with Gasteiger partial charge in [0.05, 0.1) is 16.4 Å². The van der Waals surface area contributed by atoms with E-state index in [0.717, 1.165) is 16.3 Å². The summed E-state index contributed by atoms with van der Waals surface area (Å²) in [5.74, 6) is 6.05. The molecule has 3 N–H and O–H groups in total. The molecule has 0 atom stereocenters. The van der Waals surface area contributed by atoms with Crippen LogP contribution in [0.1, 0.15) is 5.69 Å². The standard InChI is InChI=1S/C12H11Cl2N3S/c13-8-1-2-11(14)12(5-8)18-7-10-6-9(17-15)3-4-16-10/h1-6H,7,15H2,(H,16,17). The van der Waals surface area contributed by atoms with Crippen molar-refractivity contribution in [3.8, 4) is 0 Å². The molecule has 18 heavy (non-hydrogen) atoms. The molecule has 2 aromatic rings. The Labute approximate surface area is 120 Å². The zero-order valence-corrected chi connectivity index (χ0v) is 11.7. The quantitative estimate of drug-likeness (QED) is 0.510. The Hall–Kier alpha value is -0.940. The molecular weight excluding hydrogens is 289 g/mol. The van der Waals surface area contributed by atoms with Crippen LogP contribution in [0.3, 0.4) is 0 Å². The van der Waals surface area contributed by atoms with Crippen LogP contribution >= 0.6 is 35.0 Å². The van der Waals surface area contributed by atoms with Crippen LogP contribution in [-0.2, 0) is 5.75 Å². The third-order valence-electron chi connectivity index (χ3n) is 2.25. The molecule has 0 aliphatic rings. The summed E-state index contributed by atoms with van der Waals surface area (Å²) in [7, 11) is 0. The van der Waals surface area contributed by atoms with E-state index in [1.54, 1.807) is 36.2 Å². The molecule has 0 fully saturated rings. The van der Waals surface area contributed by atoms with Gasteiger partial charge in [-0.3, -0.25) is 10.8 Å². The van der Waals surface area contributed by atoms with Crippen LogP contribution in [0, 0.1) is 0 Å². The van der Waals surface area contributed by atoms with Gasteiger partial charge < -0.3 is 5.43 Å². The van der Waals surface area contributed by atoms with Crippen molar-refractivity contribution in [1.29, 1.82) is 0 Å². The van der Waals surface area contributed by atoms with E-state index >= 15 is 0 Å². The average molecular weight is 300 g/mol. The molecule has 0 aliphatic heterocycles. The van der Waals surface area contributed by atoms with E-state index in [1.807, 2.05) is 12.1 Å². The van der Waals surface area contributed by atoms with Crippen molar-refractivity contribution < 1.29 is 0 Å². The lowest BCUT2D eigenvalue weighted by Crippen LogP contribution is -2.07. The van der Waals surface area contributed by atoms with E-state index in [-0.39, 0.29) is 0 Å². The minimum atomic E-state index is 0.673. The molecule has 2 rings (SSSR count). The number of hydrogen-bond donors (Lipinski definition) is 2. The molecule has 94 valence electrons. The van der Waals surface area contributed by atoms with Crippen molar-refractivity contribution >= 4 is 40.7 Å². The maximum atomic E-state index is 6.09. The van der Waals surface area contributed by atoms with Crippen molar-refractivity contribution in [2.24, 2.45) is 5.84 Å². The van der Waals surface area contributed by atoms with E-state index in [2.05, 4.69) is 10.4 Å². The summed E-state index contributed by atoms with van der Waals surface area (Å²) < 4.78 is 0. The van der Waals surface area contributed by atoms with Crippen LogP contribution in [0.5, 0.6) is 0 Å². The number of nitrogens with zero attached hydrogens (tertiary/aromatic N) is 1. The summed E-state index contributed by atoms with van der Waals surface area (Å²) in [6, 6.07) is 9.11. The average Bonchev–Trinajstić information content (AvgIpc) is 2.40. The Bertz CT molecular complexity index is 549. The molecule has 1 aromatic carbocycles. The van der Waals surface area contributed by atoms with Gasteiger partial charge in [0.1, 0.15) is 0 Å². The van der Waals surface area contributed by atoms with Crippen molar-refractivity contribution in [1.82, 2.24) is 4.98 Å². The van der Waals surface area contributed by atoms with Gasteiger partial charge in [0.2, 0.25) is 0 Å². The summed E-state index contributed by atoms with van der Waals surface area (Å²) in [5.41, 5.74) is 4.34. The number of aromatic nitrogens is 1. The highest BCUT2D eigenvalue weighted by Crippen LogP contribution is 2.31. The maximum Gasteiger partial charge on any atom is 0.0543 e. The van der Waals surface area contributed by atoms with Gasteiger partial charge in [-0.1, -0.05) is 23.2 Å². The molecule has 3 nitrogen and oxygen atoms in total. The zero-order chi connectivity index (χ0) is 13.0. The predicted molar refractivity (Wildman–Crippen MR) is 78.1 cm³/mol. The fourth-order valence-electron chi connectivity index (χ4n) is 1.39. The van der Waals surface area contributed by atoms with Crippen LogP contribution in [0.15, 0.2) is 41.4 Å². The number of pyridine rings is 1. The van der Waals surface area contributed by atoms with Crippen LogP contribution in [-0.4, -0.2) is 4.98 Å². The third kappa shape index (κ3) is 3.53. The molecule has 0 saturated heterocycles. The number of anilines is 1. The first-order chi connectivity index (χ1) is 8.69. The molecule has 0 bridgehead atoms. The van der Waals surface area contributed by atoms with Crippen molar-refractivity contribution in [2.45, 2.75) is 10.6 Å². The number of rotatable bonds is 4. The summed E-state index contributed by atoms with van der Waals surface area (Å²) >= 11 is 13.6. The lowest BCUT2D eigenvalue weighted by molar-refractivity contribution is 1.16. The molecule has 0 unspecified atom stereocenters. The first-order valence-corrected chi connectivity index (χ1v) is 6.92. The second kappa shape index (κ2) is 6.29. The van der Waals surface area contributed by atoms with E-state index in [1.165, 1.54) is 0 Å². The normalized spacial score (nSPS) is 10.4. The number of nitrogens with two attached hydrogens (primary N) is 1. The molecule has 0 radical (unpaired) electrons. The van der Waals surface area contributed by atoms with Crippen LogP contribution in [0.4, 0.5) is 5.69 Å². The predicted octanol–water partition coefficient (Wildman–Crippen LogP) is 3.97. The molecule has 6 heteroatoms. The van der Waals surface area contributed by atoms with Gasteiger partial charge >= 0.3 is 0 Å². The summed E-state index contributed by atoms with van der Waals surface area (Å²) in [4.78, 5) is 5.20. The smallest absolute Gasteiger partial charge is 0.0543 e. The number of benzene rings is 1. The lowest BCUT2D eigenvalue weighted by Gasteiger charge is -2.06. The Morgan fingerprint density at radius 1 is 1.22 bits per heavy atom. The number of halogens is 2. The molecule has 1 aromatic heterocycles. The number of nitrogen functional groups attached to an aromatic ring is 1. The fourth-order valence-corrected chi connectivity index (χ4v) is 2.78. The molecular formula is C12H11Cl2N3S. The van der Waals surface area contributed by atoms with E-state index in [4.69, 9.17) is 29.0 Å². The van der Waals surface area contributed by atoms with Crippen LogP contribution in [0.25, 0.3) is 0 Å². The Balaban J connectivity index is 2.08. The number of nitrogens with one attached hydrogen (secondary N) is 1. The monoisotopic (exact) mass is 299 g/mol. The summed E-state index contributed by atoms with van der Waals surface area (Å²) in [5, 5.41) is 1.37. The van der Waals surface area contributed by atoms with Gasteiger partial charge in [0.25, 0.3) is 0 Å². The number of thioether (sulfide) groups is 1. The first kappa shape index (κ1) is 13.5. The topological polar surface area (TPSA) is 50.9 Å². The maximum absolute atomic E-state index is 6.09. The molecule has 0 aliphatic carbocycles. The summed E-state index contributed by atoms with van der Waals surface area (Å²) in [6.45, 7) is 0. The largest absolute Gasteiger partial charge is 0.324 e. The zero-order valence-electron chi connectivity index (χ0n) is 9.36. The Morgan fingerprint density at radius 3 is 2.83 bits per heavy atom. The molecule has 1 heterocycles. The van der Waals surface area contributed by atoms with Gasteiger partial charge in [0, 0.05) is 21.9 Å². The van der Waals surface area contributed by atoms with Crippen LogP contribution in [0.2, 0.25) is 10.0 Å². The molecule has 0 spiro atoms. The SMILES string of the molecule is NNc1ccnc(CSc2cc(Cl)ccc2Cl)c1. The first-order valence-electron chi connectivity index (χ1n) is 5.18. The highest BCUT2D eigenvalue weighted by Gasteiger charge is 2.04. The minimum Gasteiger partial charge on any atom is -0.324 e. The number of hydrazine groups is 1. The Kier molecular flexibility index (Phi) is 4.72. The van der Waals surface area contributed by atoms with E-state index in [9.17, 15) is 0 Å². The van der Waals surface area contributed by atoms with E-state index < -0.39 is 0 Å². The number of hydrogen-bond acceptors (Lipinski definition) is 4. The lowest BCUT2D eigenvalue weighted by atomic mass is 10.3. The van der Waals surface area contributed by atoms with Gasteiger partial charge in [0.15, 0.2) is 0 Å². The molecule has 0 amide bonds.